The molecule has 1 atom stereocenters. The number of aromatic nitrogens is 1. The van der Waals surface area contributed by atoms with Crippen LogP contribution in [0, 0.1) is 6.92 Å². The number of piperazine rings is 1. The predicted octanol–water partition coefficient (Wildman–Crippen LogP) is 4.03. The average molecular weight is 611 g/mol. The highest BCUT2D eigenvalue weighted by Gasteiger charge is 2.34. The van der Waals surface area contributed by atoms with Crippen LogP contribution in [0.25, 0.3) is 0 Å². The molecule has 4 aromatic rings. The number of ether oxygens (including phenoxy) is 1. The van der Waals surface area contributed by atoms with Gasteiger partial charge in [-0.15, -0.1) is 0 Å². The molecule has 1 aliphatic heterocycles. The molecule has 0 aliphatic carbocycles. The molecule has 5 rings (SSSR count). The van der Waals surface area contributed by atoms with E-state index in [2.05, 4.69) is 52.6 Å². The minimum atomic E-state index is -0.921. The van der Waals surface area contributed by atoms with Crippen LogP contribution in [-0.4, -0.2) is 65.7 Å². The number of urea groups is 1. The van der Waals surface area contributed by atoms with Crippen LogP contribution in [0.3, 0.4) is 0 Å². The normalized spacial score (nSPS) is 14.4. The largest absolute Gasteiger partial charge is 0.495 e. The molecule has 232 valence electrons. The van der Waals surface area contributed by atoms with E-state index in [0.717, 1.165) is 16.7 Å². The zero-order valence-corrected chi connectivity index (χ0v) is 25.3. The van der Waals surface area contributed by atoms with Gasteiger partial charge in [0.25, 0.3) is 0 Å². The highest BCUT2D eigenvalue weighted by Crippen LogP contribution is 2.35. The summed E-state index contributed by atoms with van der Waals surface area (Å²) in [6, 6.07) is 24.6. The Bertz CT molecular complexity index is 1680. The number of methoxy groups -OCH3 is 1. The third kappa shape index (κ3) is 7.03. The molecule has 1 fully saturated rings. The van der Waals surface area contributed by atoms with E-state index in [1.54, 1.807) is 59.5 Å². The average Bonchev–Trinajstić information content (AvgIpc) is 3.05. The number of hydrogen-bond donors (Lipinski definition) is 4. The molecule has 12 heteroatoms. The maximum atomic E-state index is 14.3. The number of nitrogens with zero attached hydrogens (tertiary/aromatic N) is 4. The lowest BCUT2D eigenvalue weighted by atomic mass is 10.1. The van der Waals surface area contributed by atoms with Crippen molar-refractivity contribution in [3.05, 3.63) is 96.7 Å². The van der Waals surface area contributed by atoms with E-state index < -0.39 is 11.8 Å². The number of para-hydroxylation sites is 1. The first kappa shape index (κ1) is 31.0. The molecule has 0 radical (unpaired) electrons. The third-order valence-corrected chi connectivity index (χ3v) is 7.52. The molecule has 0 bridgehead atoms. The standard InChI is InChI=1S/C33H35N7O5/c1-22-9-7-12-25(19-22)39-18-17-38(21-23(39)2)33(43)40(30-27(37-44)13-8-16-34-30)26-14-15-29(45-3)28(20-26)36-32(42)31(41)35-24-10-5-4-6-11-24/h4-16,19-20,23,37,44H,17-18,21H2,1-3H3,(H,35,41)(H,36,42)/p+1. The van der Waals surface area contributed by atoms with Gasteiger partial charge in [-0.1, -0.05) is 30.3 Å². The van der Waals surface area contributed by atoms with Crippen LogP contribution >= 0.6 is 0 Å². The summed E-state index contributed by atoms with van der Waals surface area (Å²) in [7, 11) is 1.43. The number of nitrogens with two attached hydrogens (primary N) is 1. The zero-order valence-electron chi connectivity index (χ0n) is 25.3. The SMILES string of the molecule is COc1ccc(N(C(=O)N2CCN(c3cccc(C)c3)C(C)C2)c2ncccc2[NH2+]O)cc1NC(=O)C(=O)Nc1ccccc1. The molecule has 3 aromatic carbocycles. The molecule has 0 spiro atoms. The van der Waals surface area contributed by atoms with Crippen LogP contribution in [0.15, 0.2) is 91.1 Å². The number of anilines is 5. The maximum absolute atomic E-state index is 14.3. The lowest BCUT2D eigenvalue weighted by Crippen LogP contribution is -2.74. The van der Waals surface area contributed by atoms with E-state index in [1.165, 1.54) is 24.3 Å². The Balaban J connectivity index is 1.44. The van der Waals surface area contributed by atoms with Crippen molar-refractivity contribution in [2.24, 2.45) is 0 Å². The van der Waals surface area contributed by atoms with Gasteiger partial charge in [-0.2, -0.15) is 5.48 Å². The number of amides is 4. The minimum Gasteiger partial charge on any atom is -0.495 e. The van der Waals surface area contributed by atoms with Crippen molar-refractivity contribution >= 4 is 52.1 Å². The summed E-state index contributed by atoms with van der Waals surface area (Å²) in [6.45, 7) is 5.62. The van der Waals surface area contributed by atoms with Gasteiger partial charge in [-0.25, -0.2) is 19.9 Å². The number of quaternary nitrogens is 1. The minimum absolute atomic E-state index is 0.0211. The Labute approximate surface area is 261 Å². The van der Waals surface area contributed by atoms with Crippen molar-refractivity contribution in [3.8, 4) is 5.75 Å². The number of rotatable bonds is 7. The second-order valence-electron chi connectivity index (χ2n) is 10.6. The Morgan fingerprint density at radius 3 is 2.44 bits per heavy atom. The lowest BCUT2D eigenvalue weighted by Gasteiger charge is -2.42. The first-order valence-corrected chi connectivity index (χ1v) is 14.5. The van der Waals surface area contributed by atoms with Gasteiger partial charge in [0.15, 0.2) is 0 Å². The molecular formula is C33H36N7O5+. The van der Waals surface area contributed by atoms with Gasteiger partial charge in [0, 0.05) is 49.3 Å². The fourth-order valence-electron chi connectivity index (χ4n) is 5.30. The maximum Gasteiger partial charge on any atom is 0.330 e. The van der Waals surface area contributed by atoms with E-state index in [0.29, 0.717) is 36.7 Å². The van der Waals surface area contributed by atoms with Crippen molar-refractivity contribution in [1.29, 1.82) is 0 Å². The van der Waals surface area contributed by atoms with Crippen molar-refractivity contribution < 1.29 is 29.8 Å². The fourth-order valence-corrected chi connectivity index (χ4v) is 5.30. The molecule has 12 nitrogen and oxygen atoms in total. The molecule has 5 N–H and O–H groups in total. The van der Waals surface area contributed by atoms with Gasteiger partial charge >= 0.3 is 17.8 Å². The van der Waals surface area contributed by atoms with Gasteiger partial charge in [0.1, 0.15) is 5.75 Å². The third-order valence-electron chi connectivity index (χ3n) is 7.52. The molecule has 45 heavy (non-hydrogen) atoms. The number of hydrogen-bond acceptors (Lipinski definition) is 7. The molecule has 0 saturated carbocycles. The second-order valence-corrected chi connectivity index (χ2v) is 10.6. The number of aryl methyl sites for hydroxylation is 1. The van der Waals surface area contributed by atoms with Gasteiger partial charge in [-0.05, 0) is 67.9 Å². The van der Waals surface area contributed by atoms with Gasteiger partial charge in [0.2, 0.25) is 11.5 Å². The van der Waals surface area contributed by atoms with Crippen molar-refractivity contribution in [1.82, 2.24) is 9.88 Å². The molecule has 4 amide bonds. The number of nitrogens with one attached hydrogen (secondary N) is 2. The second kappa shape index (κ2) is 13.9. The van der Waals surface area contributed by atoms with E-state index in [1.807, 2.05) is 6.07 Å². The predicted molar refractivity (Wildman–Crippen MR) is 171 cm³/mol. The van der Waals surface area contributed by atoms with E-state index in [9.17, 15) is 19.6 Å². The topological polar surface area (TPSA) is 144 Å². The molecule has 1 aromatic heterocycles. The summed E-state index contributed by atoms with van der Waals surface area (Å²) in [5, 5.41) is 15.2. The molecular weight excluding hydrogens is 574 g/mol. The smallest absolute Gasteiger partial charge is 0.330 e. The van der Waals surface area contributed by atoms with E-state index in [4.69, 9.17) is 4.74 Å². The summed E-state index contributed by atoms with van der Waals surface area (Å²) in [5.41, 5.74) is 4.45. The number of carbonyl (C=O) groups is 3. The first-order valence-electron chi connectivity index (χ1n) is 14.5. The summed E-state index contributed by atoms with van der Waals surface area (Å²) < 4.78 is 5.46. The van der Waals surface area contributed by atoms with Crippen LogP contribution in [0.1, 0.15) is 12.5 Å². The molecule has 1 unspecified atom stereocenters. The highest BCUT2D eigenvalue weighted by molar-refractivity contribution is 6.43. The van der Waals surface area contributed by atoms with E-state index in [-0.39, 0.29) is 29.3 Å². The first-order chi connectivity index (χ1) is 21.8. The Morgan fingerprint density at radius 2 is 1.73 bits per heavy atom. The summed E-state index contributed by atoms with van der Waals surface area (Å²) >= 11 is 0. The van der Waals surface area contributed by atoms with Gasteiger partial charge in [-0.3, -0.25) is 9.59 Å². The quantitative estimate of drug-likeness (QED) is 0.183. The molecule has 1 saturated heterocycles. The van der Waals surface area contributed by atoms with Crippen LogP contribution in [0.5, 0.6) is 5.75 Å². The monoisotopic (exact) mass is 610 g/mol. The lowest BCUT2D eigenvalue weighted by molar-refractivity contribution is -0.825. The van der Waals surface area contributed by atoms with Crippen molar-refractivity contribution in [2.45, 2.75) is 19.9 Å². The van der Waals surface area contributed by atoms with Gasteiger partial charge < -0.3 is 25.2 Å². The van der Waals surface area contributed by atoms with Crippen LogP contribution in [0.2, 0.25) is 0 Å². The highest BCUT2D eigenvalue weighted by atomic mass is 16.5. The fraction of sp³-hybridized carbons (Fsp3) is 0.212. The Kier molecular flexibility index (Phi) is 9.56. The van der Waals surface area contributed by atoms with Gasteiger partial charge in [0.05, 0.1) is 18.5 Å². The van der Waals surface area contributed by atoms with Crippen LogP contribution in [0.4, 0.5) is 39.0 Å². The number of carbonyl (C=O) groups excluding carboxylic acids is 3. The summed E-state index contributed by atoms with van der Waals surface area (Å²) in [5.74, 6) is -1.31. The summed E-state index contributed by atoms with van der Waals surface area (Å²) in [6.07, 6.45) is 1.53. The number of pyridine rings is 1. The zero-order chi connectivity index (χ0) is 31.9. The Hall–Kier alpha value is -5.46. The van der Waals surface area contributed by atoms with Crippen molar-refractivity contribution in [2.75, 3.05) is 47.2 Å². The number of benzene rings is 3. The summed E-state index contributed by atoms with van der Waals surface area (Å²) in [4.78, 5) is 49.7. The van der Waals surface area contributed by atoms with Crippen LogP contribution < -0.4 is 30.7 Å². The molecule has 1 aliphatic rings. The van der Waals surface area contributed by atoms with Crippen molar-refractivity contribution in [3.63, 3.8) is 0 Å². The Morgan fingerprint density at radius 1 is 0.956 bits per heavy atom. The van der Waals surface area contributed by atoms with E-state index >= 15 is 0 Å². The van der Waals surface area contributed by atoms with Crippen LogP contribution in [-0.2, 0) is 9.59 Å². The molecule has 2 heterocycles.